The quantitative estimate of drug-likeness (QED) is 0.463. The monoisotopic (exact) mass is 242 g/mol. The molecule has 0 amide bonds. The zero-order chi connectivity index (χ0) is 12.3. The molecule has 0 spiro atoms. The molecule has 1 atom stereocenters. The van der Waals surface area contributed by atoms with Crippen LogP contribution < -0.4 is 0 Å². The van der Waals surface area contributed by atoms with Crippen LogP contribution in [0.3, 0.4) is 0 Å². The normalized spacial score (nSPS) is 12.8. The Morgan fingerprint density at radius 1 is 1.56 bits per heavy atom. The highest BCUT2D eigenvalue weighted by Gasteiger charge is 2.20. The van der Waals surface area contributed by atoms with Crippen molar-refractivity contribution in [3.8, 4) is 0 Å². The molecule has 0 saturated carbocycles. The molecule has 0 radical (unpaired) electrons. The van der Waals surface area contributed by atoms with Crippen molar-refractivity contribution in [2.75, 3.05) is 0 Å². The van der Waals surface area contributed by atoms with Crippen LogP contribution in [-0.4, -0.2) is 15.3 Å². The molecular formula is C11H15ClN2O2. The number of hydrogen-bond donors (Lipinski definition) is 0. The van der Waals surface area contributed by atoms with Crippen LogP contribution in [0.1, 0.15) is 25.1 Å². The standard InChI is InChI=1S/C11H15ClN2O2/c1-7(2)9(12)5-10-11(14(15)16)4-8(3)6-13-10/h4,6-7,9H,5H2,1-3H3. The van der Waals surface area contributed by atoms with Gasteiger partial charge in [-0.25, -0.2) is 0 Å². The van der Waals surface area contributed by atoms with E-state index in [-0.39, 0.29) is 17.0 Å². The van der Waals surface area contributed by atoms with Gasteiger partial charge in [-0.3, -0.25) is 15.1 Å². The fourth-order valence-corrected chi connectivity index (χ4v) is 1.46. The molecule has 1 rings (SSSR count). The largest absolute Gasteiger partial charge is 0.291 e. The summed E-state index contributed by atoms with van der Waals surface area (Å²) in [7, 11) is 0. The average Bonchev–Trinajstić information content (AvgIpc) is 2.20. The molecule has 16 heavy (non-hydrogen) atoms. The number of aromatic nitrogens is 1. The number of aryl methyl sites for hydroxylation is 1. The molecule has 1 heterocycles. The van der Waals surface area contributed by atoms with Gasteiger partial charge in [0.15, 0.2) is 0 Å². The van der Waals surface area contributed by atoms with E-state index in [1.54, 1.807) is 13.1 Å². The minimum absolute atomic E-state index is 0.0614. The number of nitrogens with zero attached hydrogens (tertiary/aromatic N) is 2. The second-order valence-electron chi connectivity index (χ2n) is 4.20. The van der Waals surface area contributed by atoms with E-state index in [0.717, 1.165) is 5.56 Å². The SMILES string of the molecule is Cc1cnc(CC(Cl)C(C)C)c([N+](=O)[O-])c1. The Kier molecular flexibility index (Phi) is 4.24. The molecule has 1 unspecified atom stereocenters. The molecule has 1 aromatic rings. The predicted molar refractivity (Wildman–Crippen MR) is 63.8 cm³/mol. The van der Waals surface area contributed by atoms with Gasteiger partial charge in [-0.1, -0.05) is 13.8 Å². The van der Waals surface area contributed by atoms with E-state index in [1.807, 2.05) is 13.8 Å². The number of halogens is 1. The second-order valence-corrected chi connectivity index (χ2v) is 4.76. The van der Waals surface area contributed by atoms with Crippen molar-refractivity contribution >= 4 is 17.3 Å². The predicted octanol–water partition coefficient (Wildman–Crippen LogP) is 3.10. The molecule has 88 valence electrons. The summed E-state index contributed by atoms with van der Waals surface area (Å²) in [5.41, 5.74) is 1.31. The molecule has 0 aliphatic heterocycles. The summed E-state index contributed by atoms with van der Waals surface area (Å²) in [5, 5.41) is 10.7. The maximum Gasteiger partial charge on any atom is 0.291 e. The fraction of sp³-hybridized carbons (Fsp3) is 0.545. The van der Waals surface area contributed by atoms with Crippen molar-refractivity contribution in [3.05, 3.63) is 33.6 Å². The number of pyridine rings is 1. The molecular weight excluding hydrogens is 228 g/mol. The highest BCUT2D eigenvalue weighted by molar-refractivity contribution is 6.20. The highest BCUT2D eigenvalue weighted by Crippen LogP contribution is 2.22. The van der Waals surface area contributed by atoms with Crippen LogP contribution in [0.2, 0.25) is 0 Å². The van der Waals surface area contributed by atoms with Gasteiger partial charge in [-0.2, -0.15) is 0 Å². The van der Waals surface area contributed by atoms with E-state index < -0.39 is 4.92 Å². The van der Waals surface area contributed by atoms with Crippen molar-refractivity contribution in [2.45, 2.75) is 32.6 Å². The third kappa shape index (κ3) is 3.17. The lowest BCUT2D eigenvalue weighted by Gasteiger charge is -2.12. The smallest absolute Gasteiger partial charge is 0.258 e. The van der Waals surface area contributed by atoms with E-state index in [2.05, 4.69) is 4.98 Å². The van der Waals surface area contributed by atoms with Gasteiger partial charge in [0.2, 0.25) is 0 Å². The molecule has 0 saturated heterocycles. The third-order valence-corrected chi connectivity index (χ3v) is 3.05. The summed E-state index contributed by atoms with van der Waals surface area (Å²) in [6.07, 6.45) is 2.06. The van der Waals surface area contributed by atoms with Gasteiger partial charge < -0.3 is 0 Å². The van der Waals surface area contributed by atoms with Crippen LogP contribution in [0.4, 0.5) is 5.69 Å². The summed E-state index contributed by atoms with van der Waals surface area (Å²) in [6.45, 7) is 5.75. The lowest BCUT2D eigenvalue weighted by atomic mass is 10.0. The Morgan fingerprint density at radius 3 is 2.69 bits per heavy atom. The first-order valence-corrected chi connectivity index (χ1v) is 5.59. The first kappa shape index (κ1) is 12.9. The topological polar surface area (TPSA) is 56.0 Å². The Balaban J connectivity index is 2.99. The van der Waals surface area contributed by atoms with Crippen molar-refractivity contribution in [3.63, 3.8) is 0 Å². The van der Waals surface area contributed by atoms with E-state index in [4.69, 9.17) is 11.6 Å². The molecule has 1 aromatic heterocycles. The molecule has 0 aliphatic rings. The van der Waals surface area contributed by atoms with Gasteiger partial charge in [0.25, 0.3) is 5.69 Å². The van der Waals surface area contributed by atoms with Crippen LogP contribution >= 0.6 is 11.6 Å². The maximum atomic E-state index is 10.8. The number of hydrogen-bond acceptors (Lipinski definition) is 3. The van der Waals surface area contributed by atoms with Gasteiger partial charge >= 0.3 is 0 Å². The van der Waals surface area contributed by atoms with E-state index in [0.29, 0.717) is 12.1 Å². The summed E-state index contributed by atoms with van der Waals surface area (Å²) < 4.78 is 0. The van der Waals surface area contributed by atoms with Crippen LogP contribution in [0.5, 0.6) is 0 Å². The fourth-order valence-electron chi connectivity index (χ4n) is 1.32. The summed E-state index contributed by atoms with van der Waals surface area (Å²) in [5.74, 6) is 0.268. The minimum Gasteiger partial charge on any atom is -0.258 e. The molecule has 0 aliphatic carbocycles. The van der Waals surface area contributed by atoms with Crippen molar-refractivity contribution < 1.29 is 4.92 Å². The minimum atomic E-state index is -0.404. The molecule has 4 nitrogen and oxygen atoms in total. The van der Waals surface area contributed by atoms with Gasteiger partial charge in [-0.15, -0.1) is 11.6 Å². The number of nitro groups is 1. The van der Waals surface area contributed by atoms with Gasteiger partial charge in [0.05, 0.1) is 4.92 Å². The first-order valence-electron chi connectivity index (χ1n) is 5.15. The van der Waals surface area contributed by atoms with Gasteiger partial charge in [-0.05, 0) is 18.4 Å². The number of rotatable bonds is 4. The van der Waals surface area contributed by atoms with Crippen LogP contribution in [0, 0.1) is 23.0 Å². The summed E-state index contributed by atoms with van der Waals surface area (Å²) >= 11 is 6.10. The Labute approximate surface area is 99.8 Å². The van der Waals surface area contributed by atoms with E-state index in [1.165, 1.54) is 6.07 Å². The Bertz CT molecular complexity index is 394. The second kappa shape index (κ2) is 5.25. The lowest BCUT2D eigenvalue weighted by Crippen LogP contribution is -2.13. The van der Waals surface area contributed by atoms with Crippen LogP contribution in [0.25, 0.3) is 0 Å². The molecule has 0 bridgehead atoms. The van der Waals surface area contributed by atoms with Crippen LogP contribution in [-0.2, 0) is 6.42 Å². The number of alkyl halides is 1. The van der Waals surface area contributed by atoms with Crippen molar-refractivity contribution in [1.82, 2.24) is 4.98 Å². The summed E-state index contributed by atoms with van der Waals surface area (Å²) in [6, 6.07) is 1.53. The average molecular weight is 243 g/mol. The lowest BCUT2D eigenvalue weighted by molar-refractivity contribution is -0.386. The van der Waals surface area contributed by atoms with Gasteiger partial charge in [0, 0.05) is 24.1 Å². The van der Waals surface area contributed by atoms with Gasteiger partial charge in [0.1, 0.15) is 5.69 Å². The van der Waals surface area contributed by atoms with E-state index >= 15 is 0 Å². The third-order valence-electron chi connectivity index (χ3n) is 2.39. The molecule has 0 fully saturated rings. The molecule has 0 aromatic carbocycles. The summed E-state index contributed by atoms with van der Waals surface area (Å²) in [4.78, 5) is 14.5. The van der Waals surface area contributed by atoms with E-state index in [9.17, 15) is 10.1 Å². The Hall–Kier alpha value is -1.16. The zero-order valence-corrected chi connectivity index (χ0v) is 10.4. The molecule has 5 heteroatoms. The maximum absolute atomic E-state index is 10.8. The molecule has 0 N–H and O–H groups in total. The van der Waals surface area contributed by atoms with Crippen molar-refractivity contribution in [1.29, 1.82) is 0 Å². The zero-order valence-electron chi connectivity index (χ0n) is 9.61. The highest BCUT2D eigenvalue weighted by atomic mass is 35.5. The van der Waals surface area contributed by atoms with Crippen LogP contribution in [0.15, 0.2) is 12.3 Å². The van der Waals surface area contributed by atoms with Crippen molar-refractivity contribution in [2.24, 2.45) is 5.92 Å². The first-order chi connectivity index (χ1) is 7.41. The Morgan fingerprint density at radius 2 is 2.19 bits per heavy atom.